The fraction of sp³-hybridized carbons (Fsp3) is 0.267. The largest absolute Gasteiger partial charge is 0.348 e. The zero-order valence-electron chi connectivity index (χ0n) is 22.4. The number of Topliss-reactive ketones (excluding diaryl/α,β-unsaturated/α-hetero) is 1. The molecule has 0 aliphatic rings. The molecule has 0 saturated carbocycles. The van der Waals surface area contributed by atoms with Crippen LogP contribution in [-0.4, -0.2) is 43.3 Å². The van der Waals surface area contributed by atoms with Crippen molar-refractivity contribution in [3.05, 3.63) is 101 Å². The summed E-state index contributed by atoms with van der Waals surface area (Å²) in [7, 11) is 0. The topological polar surface area (TPSA) is 168 Å². The molecule has 10 heteroatoms. The van der Waals surface area contributed by atoms with Gasteiger partial charge in [-0.25, -0.2) is 4.79 Å². The summed E-state index contributed by atoms with van der Waals surface area (Å²) >= 11 is 0. The second-order valence-electron chi connectivity index (χ2n) is 9.23. The molecule has 0 saturated heterocycles. The highest BCUT2D eigenvalue weighted by Crippen LogP contribution is 2.11. The van der Waals surface area contributed by atoms with Crippen LogP contribution in [-0.2, 0) is 24.3 Å². The lowest BCUT2D eigenvalue weighted by Gasteiger charge is -2.09. The lowest BCUT2D eigenvalue weighted by atomic mass is 10.0. The Hall–Kier alpha value is -4.54. The van der Waals surface area contributed by atoms with E-state index in [1.807, 2.05) is 36.4 Å². The van der Waals surface area contributed by atoms with Gasteiger partial charge >= 0.3 is 6.03 Å². The predicted molar refractivity (Wildman–Crippen MR) is 155 cm³/mol. The average molecular weight is 545 g/mol. The summed E-state index contributed by atoms with van der Waals surface area (Å²) in [5, 5.41) is 11.0. The third-order valence-corrected chi connectivity index (χ3v) is 6.04. The first-order valence-corrected chi connectivity index (χ1v) is 13.2. The van der Waals surface area contributed by atoms with E-state index < -0.39 is 0 Å². The van der Waals surface area contributed by atoms with Gasteiger partial charge in [-0.3, -0.25) is 14.4 Å². The minimum atomic E-state index is -0.332. The van der Waals surface area contributed by atoms with Crippen molar-refractivity contribution in [2.24, 2.45) is 11.5 Å². The van der Waals surface area contributed by atoms with E-state index in [4.69, 9.17) is 11.5 Å². The Kier molecular flexibility index (Phi) is 11.8. The first-order chi connectivity index (χ1) is 19.4. The predicted octanol–water partition coefficient (Wildman–Crippen LogP) is 2.48. The number of carbonyl (C=O) groups excluding carboxylic acids is 4. The van der Waals surface area contributed by atoms with Gasteiger partial charge in [-0.2, -0.15) is 0 Å². The highest BCUT2D eigenvalue weighted by atomic mass is 16.2. The van der Waals surface area contributed by atoms with Crippen LogP contribution in [0.1, 0.15) is 50.2 Å². The minimum absolute atomic E-state index is 0.164. The van der Waals surface area contributed by atoms with Gasteiger partial charge in [-0.05, 0) is 66.1 Å². The van der Waals surface area contributed by atoms with Gasteiger partial charge in [0.05, 0.1) is 0 Å². The van der Waals surface area contributed by atoms with Crippen LogP contribution < -0.4 is 32.7 Å². The molecule has 4 amide bonds. The van der Waals surface area contributed by atoms with Crippen LogP contribution in [0.5, 0.6) is 0 Å². The Balaban J connectivity index is 1.43. The van der Waals surface area contributed by atoms with Gasteiger partial charge in [0.2, 0.25) is 0 Å². The Morgan fingerprint density at radius 2 is 1.10 bits per heavy atom. The first kappa shape index (κ1) is 30.0. The molecule has 0 fully saturated rings. The number of amides is 4. The Bertz CT molecular complexity index is 1170. The molecule has 3 aromatic rings. The van der Waals surface area contributed by atoms with Gasteiger partial charge in [-0.15, -0.1) is 0 Å². The standard InChI is InChI=1S/C30H36N6O4/c31-15-1-2-27(37)18-21-3-5-22(6-4-21)19-34-28(38)24-9-11-25(12-10-24)29(39)35-20-23-7-13-26(14-8-23)36-30(40)33-17-16-32/h3-14H,1-2,15-20,31-32H2,(H,34,38)(H,35,39)(H2,33,36,40). The summed E-state index contributed by atoms with van der Waals surface area (Å²) in [6.07, 6.45) is 1.56. The first-order valence-electron chi connectivity index (χ1n) is 13.2. The number of nitrogens with one attached hydrogen (secondary N) is 4. The second kappa shape index (κ2) is 15.8. The number of hydrogen-bond donors (Lipinski definition) is 6. The fourth-order valence-electron chi connectivity index (χ4n) is 3.80. The third kappa shape index (κ3) is 9.97. The molecular formula is C30H36N6O4. The molecule has 0 radical (unpaired) electrons. The summed E-state index contributed by atoms with van der Waals surface area (Å²) < 4.78 is 0. The number of urea groups is 1. The summed E-state index contributed by atoms with van der Waals surface area (Å²) in [6.45, 7) is 1.90. The molecule has 0 spiro atoms. The van der Waals surface area contributed by atoms with Crippen LogP contribution in [0.4, 0.5) is 10.5 Å². The van der Waals surface area contributed by atoms with Gasteiger partial charge in [0.1, 0.15) is 5.78 Å². The van der Waals surface area contributed by atoms with Crippen LogP contribution in [0, 0.1) is 0 Å². The van der Waals surface area contributed by atoms with E-state index in [0.29, 0.717) is 68.8 Å². The van der Waals surface area contributed by atoms with Crippen molar-refractivity contribution in [2.45, 2.75) is 32.4 Å². The van der Waals surface area contributed by atoms with Crippen molar-refractivity contribution in [1.29, 1.82) is 0 Å². The van der Waals surface area contributed by atoms with Crippen LogP contribution in [0.15, 0.2) is 72.8 Å². The summed E-state index contributed by atoms with van der Waals surface area (Å²) in [6, 6.07) is 20.8. The van der Waals surface area contributed by atoms with Crippen molar-refractivity contribution in [2.75, 3.05) is 25.0 Å². The van der Waals surface area contributed by atoms with Gasteiger partial charge < -0.3 is 32.7 Å². The molecule has 0 aliphatic heterocycles. The van der Waals surface area contributed by atoms with E-state index >= 15 is 0 Å². The zero-order valence-corrected chi connectivity index (χ0v) is 22.4. The van der Waals surface area contributed by atoms with Gasteiger partial charge in [0.25, 0.3) is 11.8 Å². The average Bonchev–Trinajstić information content (AvgIpc) is 2.98. The van der Waals surface area contributed by atoms with Crippen molar-refractivity contribution in [3.8, 4) is 0 Å². The molecule has 0 bridgehead atoms. The van der Waals surface area contributed by atoms with Crippen molar-refractivity contribution < 1.29 is 19.2 Å². The van der Waals surface area contributed by atoms with Gasteiger partial charge in [-0.1, -0.05) is 36.4 Å². The lowest BCUT2D eigenvalue weighted by molar-refractivity contribution is -0.118. The van der Waals surface area contributed by atoms with E-state index in [2.05, 4.69) is 21.3 Å². The number of hydrogen-bond acceptors (Lipinski definition) is 6. The van der Waals surface area contributed by atoms with E-state index in [9.17, 15) is 19.2 Å². The van der Waals surface area contributed by atoms with Crippen LogP contribution >= 0.6 is 0 Å². The monoisotopic (exact) mass is 544 g/mol. The molecule has 0 unspecified atom stereocenters. The summed E-state index contributed by atoms with van der Waals surface area (Å²) in [5.41, 5.74) is 15.0. The van der Waals surface area contributed by atoms with Gasteiger partial charge in [0.15, 0.2) is 0 Å². The third-order valence-electron chi connectivity index (χ3n) is 6.04. The van der Waals surface area contributed by atoms with Gasteiger partial charge in [0, 0.05) is 55.8 Å². The van der Waals surface area contributed by atoms with Crippen molar-refractivity contribution in [3.63, 3.8) is 0 Å². The number of nitrogens with two attached hydrogens (primary N) is 2. The molecule has 0 aromatic heterocycles. The van der Waals surface area contributed by atoms with E-state index in [-0.39, 0.29) is 23.6 Å². The maximum absolute atomic E-state index is 12.6. The normalized spacial score (nSPS) is 10.4. The van der Waals surface area contributed by atoms with Crippen LogP contribution in [0.2, 0.25) is 0 Å². The van der Waals surface area contributed by atoms with Crippen molar-refractivity contribution in [1.82, 2.24) is 16.0 Å². The Morgan fingerprint density at radius 3 is 1.60 bits per heavy atom. The highest BCUT2D eigenvalue weighted by Gasteiger charge is 2.10. The number of anilines is 1. The van der Waals surface area contributed by atoms with E-state index in [1.165, 1.54) is 0 Å². The molecule has 0 heterocycles. The maximum atomic E-state index is 12.6. The molecular weight excluding hydrogens is 508 g/mol. The minimum Gasteiger partial charge on any atom is -0.348 e. The molecule has 3 aromatic carbocycles. The maximum Gasteiger partial charge on any atom is 0.319 e. The van der Waals surface area contributed by atoms with Crippen molar-refractivity contribution >= 4 is 29.3 Å². The number of benzene rings is 3. The molecule has 210 valence electrons. The lowest BCUT2D eigenvalue weighted by Crippen LogP contribution is -2.32. The fourth-order valence-corrected chi connectivity index (χ4v) is 3.80. The number of rotatable bonds is 14. The van der Waals surface area contributed by atoms with E-state index in [0.717, 1.165) is 16.7 Å². The van der Waals surface area contributed by atoms with E-state index in [1.54, 1.807) is 36.4 Å². The Morgan fingerprint density at radius 1 is 0.600 bits per heavy atom. The summed E-state index contributed by atoms with van der Waals surface area (Å²) in [4.78, 5) is 48.7. The molecule has 0 atom stereocenters. The number of ketones is 1. The quantitative estimate of drug-likeness (QED) is 0.182. The second-order valence-corrected chi connectivity index (χ2v) is 9.23. The smallest absolute Gasteiger partial charge is 0.319 e. The summed E-state index contributed by atoms with van der Waals surface area (Å²) in [5.74, 6) is -0.354. The van der Waals surface area contributed by atoms with Crippen LogP contribution in [0.25, 0.3) is 0 Å². The SMILES string of the molecule is NCCCC(=O)Cc1ccc(CNC(=O)c2ccc(C(=O)NCc3ccc(NC(=O)NCCN)cc3)cc2)cc1. The Labute approximate surface area is 233 Å². The number of carbonyl (C=O) groups is 4. The molecule has 8 N–H and O–H groups in total. The molecule has 3 rings (SSSR count). The molecule has 10 nitrogen and oxygen atoms in total. The zero-order chi connectivity index (χ0) is 28.7. The van der Waals surface area contributed by atoms with Crippen LogP contribution in [0.3, 0.4) is 0 Å². The molecule has 40 heavy (non-hydrogen) atoms. The molecule has 0 aliphatic carbocycles. The highest BCUT2D eigenvalue weighted by molar-refractivity contribution is 5.97.